The minimum absolute atomic E-state index is 0.0189. The minimum Gasteiger partial charge on any atom is -0.495 e. The number of nitrogens with one attached hydrogen (secondary N) is 2. The normalized spacial score (nSPS) is 16.3. The van der Waals surface area contributed by atoms with Crippen LogP contribution in [0.25, 0.3) is 0 Å². The molecule has 0 spiro atoms. The lowest BCUT2D eigenvalue weighted by Gasteiger charge is -2.23. The number of halogens is 1. The van der Waals surface area contributed by atoms with E-state index in [9.17, 15) is 4.79 Å². The topological polar surface area (TPSA) is 59.6 Å². The molecule has 1 aliphatic rings. The Labute approximate surface area is 149 Å². The smallest absolute Gasteiger partial charge is 0.242 e. The average molecular weight is 355 g/mol. The molecule has 0 aromatic heterocycles. The third kappa shape index (κ3) is 4.94. The van der Waals surface area contributed by atoms with E-state index in [2.05, 4.69) is 10.6 Å². The van der Waals surface area contributed by atoms with E-state index in [4.69, 9.17) is 21.1 Å². The number of carbonyl (C=O) groups is 1. The maximum Gasteiger partial charge on any atom is 0.242 e. The van der Waals surface area contributed by atoms with Gasteiger partial charge in [-0.25, -0.2) is 0 Å². The fourth-order valence-corrected chi connectivity index (χ4v) is 3.30. The van der Waals surface area contributed by atoms with Crippen molar-refractivity contribution in [2.75, 3.05) is 26.1 Å². The maximum absolute atomic E-state index is 12.3. The van der Waals surface area contributed by atoms with Crippen LogP contribution in [0.1, 0.15) is 39.0 Å². The van der Waals surface area contributed by atoms with Gasteiger partial charge in [0, 0.05) is 12.6 Å². The van der Waals surface area contributed by atoms with Crippen LogP contribution in [0, 0.1) is 5.92 Å². The molecule has 1 atom stereocenters. The summed E-state index contributed by atoms with van der Waals surface area (Å²) in [6.45, 7) is 2.58. The number of hydrogen-bond acceptors (Lipinski definition) is 4. The highest BCUT2D eigenvalue weighted by atomic mass is 35.5. The standard InChI is InChI=1S/C18H27ClN2O3/c1-12(18(22)20-11-13-7-5-4-6-8-13)21-15-9-14(19)16(23-2)10-17(15)24-3/h9-10,12-13,21H,4-8,11H2,1-3H3,(H,20,22). The molecule has 6 heteroatoms. The summed E-state index contributed by atoms with van der Waals surface area (Å²) in [6, 6.07) is 3.04. The first-order chi connectivity index (χ1) is 11.5. The summed E-state index contributed by atoms with van der Waals surface area (Å²) < 4.78 is 10.5. The van der Waals surface area contributed by atoms with Crippen molar-refractivity contribution in [3.63, 3.8) is 0 Å². The zero-order chi connectivity index (χ0) is 17.5. The Balaban J connectivity index is 1.94. The Morgan fingerprint density at radius 2 is 1.88 bits per heavy atom. The zero-order valence-electron chi connectivity index (χ0n) is 14.7. The minimum atomic E-state index is -0.382. The van der Waals surface area contributed by atoms with Crippen molar-refractivity contribution in [2.45, 2.75) is 45.1 Å². The summed E-state index contributed by atoms with van der Waals surface area (Å²) >= 11 is 6.16. The molecular weight excluding hydrogens is 328 g/mol. The monoisotopic (exact) mass is 354 g/mol. The molecule has 0 radical (unpaired) electrons. The molecule has 2 rings (SSSR count). The van der Waals surface area contributed by atoms with Crippen LogP contribution in [0.5, 0.6) is 11.5 Å². The van der Waals surface area contributed by atoms with Crippen LogP contribution in [-0.2, 0) is 4.79 Å². The van der Waals surface area contributed by atoms with Gasteiger partial charge in [0.15, 0.2) is 0 Å². The third-order valence-electron chi connectivity index (χ3n) is 4.53. The fourth-order valence-electron chi connectivity index (χ4n) is 3.06. The van der Waals surface area contributed by atoms with E-state index in [-0.39, 0.29) is 11.9 Å². The highest BCUT2D eigenvalue weighted by Crippen LogP contribution is 2.36. The predicted molar refractivity (Wildman–Crippen MR) is 97.2 cm³/mol. The number of hydrogen-bond donors (Lipinski definition) is 2. The first-order valence-electron chi connectivity index (χ1n) is 8.51. The Hall–Kier alpha value is -1.62. The van der Waals surface area contributed by atoms with Crippen LogP contribution < -0.4 is 20.1 Å². The van der Waals surface area contributed by atoms with Crippen molar-refractivity contribution in [1.82, 2.24) is 5.32 Å². The number of anilines is 1. The van der Waals surface area contributed by atoms with Gasteiger partial charge in [-0.3, -0.25) is 4.79 Å². The van der Waals surface area contributed by atoms with Gasteiger partial charge in [0.2, 0.25) is 5.91 Å². The second kappa shape index (κ2) is 9.02. The number of ether oxygens (including phenoxy) is 2. The molecule has 2 N–H and O–H groups in total. The summed E-state index contributed by atoms with van der Waals surface area (Å²) in [5.74, 6) is 1.71. The van der Waals surface area contributed by atoms with E-state index in [0.29, 0.717) is 28.1 Å². The molecule has 0 aliphatic heterocycles. The van der Waals surface area contributed by atoms with E-state index in [0.717, 1.165) is 6.54 Å². The van der Waals surface area contributed by atoms with Crippen LogP contribution in [0.15, 0.2) is 12.1 Å². The van der Waals surface area contributed by atoms with Crippen LogP contribution >= 0.6 is 11.6 Å². The second-order valence-electron chi connectivity index (χ2n) is 6.30. The van der Waals surface area contributed by atoms with E-state index >= 15 is 0 Å². The van der Waals surface area contributed by atoms with E-state index in [1.54, 1.807) is 26.4 Å². The van der Waals surface area contributed by atoms with Crippen molar-refractivity contribution in [3.8, 4) is 11.5 Å². The summed E-state index contributed by atoms with van der Waals surface area (Å²) in [5, 5.41) is 6.68. The molecular formula is C18H27ClN2O3. The maximum atomic E-state index is 12.3. The van der Waals surface area contributed by atoms with Crippen molar-refractivity contribution in [2.24, 2.45) is 5.92 Å². The Bertz CT molecular complexity index is 559. The van der Waals surface area contributed by atoms with Crippen molar-refractivity contribution in [3.05, 3.63) is 17.2 Å². The van der Waals surface area contributed by atoms with Gasteiger partial charge in [0.25, 0.3) is 0 Å². The number of amides is 1. The van der Waals surface area contributed by atoms with Gasteiger partial charge in [-0.1, -0.05) is 30.9 Å². The van der Waals surface area contributed by atoms with Gasteiger partial charge < -0.3 is 20.1 Å². The lowest BCUT2D eigenvalue weighted by Crippen LogP contribution is -2.40. The molecule has 5 nitrogen and oxygen atoms in total. The van der Waals surface area contributed by atoms with Crippen LogP contribution in [-0.4, -0.2) is 32.7 Å². The predicted octanol–water partition coefficient (Wildman–Crippen LogP) is 3.85. The van der Waals surface area contributed by atoms with Crippen LogP contribution in [0.3, 0.4) is 0 Å². The molecule has 0 bridgehead atoms. The zero-order valence-corrected chi connectivity index (χ0v) is 15.4. The lowest BCUT2D eigenvalue weighted by molar-refractivity contribution is -0.121. The van der Waals surface area contributed by atoms with Crippen LogP contribution in [0.4, 0.5) is 5.69 Å². The summed E-state index contributed by atoms with van der Waals surface area (Å²) in [6.07, 6.45) is 6.29. The van der Waals surface area contributed by atoms with E-state index < -0.39 is 0 Å². The SMILES string of the molecule is COc1cc(OC)c(NC(C)C(=O)NCC2CCCCC2)cc1Cl. The highest BCUT2D eigenvalue weighted by molar-refractivity contribution is 6.32. The van der Waals surface area contributed by atoms with Gasteiger partial charge in [0.1, 0.15) is 17.5 Å². The first kappa shape index (κ1) is 18.7. The largest absolute Gasteiger partial charge is 0.495 e. The van der Waals surface area contributed by atoms with Gasteiger partial charge in [0.05, 0.1) is 24.9 Å². The average Bonchev–Trinajstić information content (AvgIpc) is 2.60. The number of methoxy groups -OCH3 is 2. The number of benzene rings is 1. The molecule has 0 heterocycles. The Morgan fingerprint density at radius 3 is 2.50 bits per heavy atom. The van der Waals surface area contributed by atoms with Gasteiger partial charge in [-0.2, -0.15) is 0 Å². The summed E-state index contributed by atoms with van der Waals surface area (Å²) in [7, 11) is 3.12. The Morgan fingerprint density at radius 1 is 1.21 bits per heavy atom. The van der Waals surface area contributed by atoms with Gasteiger partial charge in [-0.05, 0) is 31.7 Å². The first-order valence-corrected chi connectivity index (χ1v) is 8.88. The molecule has 24 heavy (non-hydrogen) atoms. The molecule has 1 amide bonds. The number of carbonyl (C=O) groups excluding carboxylic acids is 1. The van der Waals surface area contributed by atoms with Gasteiger partial charge in [-0.15, -0.1) is 0 Å². The molecule has 1 unspecified atom stereocenters. The molecule has 1 fully saturated rings. The van der Waals surface area contributed by atoms with Crippen molar-refractivity contribution in [1.29, 1.82) is 0 Å². The summed E-state index contributed by atoms with van der Waals surface area (Å²) in [5.41, 5.74) is 0.670. The van der Waals surface area contributed by atoms with Crippen molar-refractivity contribution >= 4 is 23.2 Å². The molecule has 134 valence electrons. The number of rotatable bonds is 7. The molecule has 0 saturated heterocycles. The van der Waals surface area contributed by atoms with Gasteiger partial charge >= 0.3 is 0 Å². The van der Waals surface area contributed by atoms with E-state index in [1.807, 2.05) is 6.92 Å². The third-order valence-corrected chi connectivity index (χ3v) is 4.82. The molecule has 1 aromatic carbocycles. The summed E-state index contributed by atoms with van der Waals surface area (Å²) in [4.78, 5) is 12.3. The Kier molecular flexibility index (Phi) is 7.03. The highest BCUT2D eigenvalue weighted by Gasteiger charge is 2.19. The molecule has 1 saturated carbocycles. The molecule has 1 aromatic rings. The fraction of sp³-hybridized carbons (Fsp3) is 0.611. The molecule has 1 aliphatic carbocycles. The second-order valence-corrected chi connectivity index (χ2v) is 6.71. The van der Waals surface area contributed by atoms with Crippen LogP contribution in [0.2, 0.25) is 5.02 Å². The quantitative estimate of drug-likeness (QED) is 0.780. The van der Waals surface area contributed by atoms with E-state index in [1.165, 1.54) is 32.1 Å². The van der Waals surface area contributed by atoms with Crippen molar-refractivity contribution < 1.29 is 14.3 Å². The lowest BCUT2D eigenvalue weighted by atomic mass is 9.89.